The van der Waals surface area contributed by atoms with Gasteiger partial charge in [-0.3, -0.25) is 4.79 Å². The monoisotopic (exact) mass is 496 g/mol. The van der Waals surface area contributed by atoms with Crippen LogP contribution in [0.5, 0.6) is 5.75 Å². The zero-order chi connectivity index (χ0) is 24.1. The SMILES string of the molecule is COc1ccccc1N1CCN(S(=O)(=O)CCNS(=O)(=O)c2ccc(NC(C)=O)cc2)CC1. The summed E-state index contributed by atoms with van der Waals surface area (Å²) in [5.74, 6) is 0.121. The van der Waals surface area contributed by atoms with Crippen LogP contribution < -0.4 is 19.7 Å². The number of nitrogens with one attached hydrogen (secondary N) is 2. The van der Waals surface area contributed by atoms with Crippen LogP contribution in [0, 0.1) is 0 Å². The minimum atomic E-state index is -3.88. The molecule has 2 aromatic rings. The van der Waals surface area contributed by atoms with E-state index < -0.39 is 20.0 Å². The van der Waals surface area contributed by atoms with Gasteiger partial charge >= 0.3 is 0 Å². The molecule has 1 saturated heterocycles. The van der Waals surface area contributed by atoms with E-state index >= 15 is 0 Å². The maximum Gasteiger partial charge on any atom is 0.240 e. The van der Waals surface area contributed by atoms with E-state index in [1.807, 2.05) is 24.3 Å². The summed E-state index contributed by atoms with van der Waals surface area (Å²) in [6.45, 7) is 2.73. The molecule has 1 heterocycles. The van der Waals surface area contributed by atoms with Gasteiger partial charge in [-0.1, -0.05) is 12.1 Å². The normalized spacial score (nSPS) is 15.3. The highest BCUT2D eigenvalue weighted by atomic mass is 32.2. The van der Waals surface area contributed by atoms with E-state index in [9.17, 15) is 21.6 Å². The fourth-order valence-corrected chi connectivity index (χ4v) is 6.04. The first-order valence-corrected chi connectivity index (χ1v) is 13.4. The smallest absolute Gasteiger partial charge is 0.240 e. The standard InChI is InChI=1S/C21H28N4O6S2/c1-17(26)23-18-7-9-19(10-8-18)33(29,30)22-11-16-32(27,28)25-14-12-24(13-15-25)20-5-3-4-6-21(20)31-2/h3-10,22H,11-16H2,1-2H3,(H,23,26). The molecule has 0 aromatic heterocycles. The van der Waals surface area contributed by atoms with Gasteiger partial charge in [0.25, 0.3) is 0 Å². The van der Waals surface area contributed by atoms with E-state index in [4.69, 9.17) is 4.74 Å². The van der Waals surface area contributed by atoms with Gasteiger partial charge in [0.2, 0.25) is 26.0 Å². The molecule has 2 aromatic carbocycles. The second kappa shape index (κ2) is 10.5. The Labute approximate surface area is 194 Å². The first-order valence-electron chi connectivity index (χ1n) is 10.4. The van der Waals surface area contributed by atoms with Crippen LogP contribution >= 0.6 is 0 Å². The van der Waals surface area contributed by atoms with Crippen molar-refractivity contribution in [2.75, 3.05) is 55.8 Å². The van der Waals surface area contributed by atoms with Crippen molar-refractivity contribution in [2.45, 2.75) is 11.8 Å². The van der Waals surface area contributed by atoms with Gasteiger partial charge in [-0.15, -0.1) is 0 Å². The second-order valence-corrected chi connectivity index (χ2v) is 11.3. The van der Waals surface area contributed by atoms with Crippen LogP contribution in [0.15, 0.2) is 53.4 Å². The Morgan fingerprint density at radius 2 is 1.61 bits per heavy atom. The first kappa shape index (κ1) is 25.0. The molecule has 0 radical (unpaired) electrons. The molecule has 0 saturated carbocycles. The van der Waals surface area contributed by atoms with Gasteiger partial charge in [0, 0.05) is 45.3 Å². The number of benzene rings is 2. The van der Waals surface area contributed by atoms with Crippen molar-refractivity contribution in [1.82, 2.24) is 9.03 Å². The molecule has 0 aliphatic carbocycles. The van der Waals surface area contributed by atoms with Gasteiger partial charge in [-0.05, 0) is 36.4 Å². The number of para-hydroxylation sites is 2. The molecule has 180 valence electrons. The Bertz CT molecular complexity index is 1180. The summed E-state index contributed by atoms with van der Waals surface area (Å²) in [6, 6.07) is 13.2. The summed E-state index contributed by atoms with van der Waals surface area (Å²) in [7, 11) is -5.91. The first-order chi connectivity index (χ1) is 15.6. The molecule has 0 spiro atoms. The molecule has 1 amide bonds. The fourth-order valence-electron chi connectivity index (χ4n) is 3.54. The minimum absolute atomic E-state index is 0.0144. The van der Waals surface area contributed by atoms with E-state index in [1.54, 1.807) is 7.11 Å². The van der Waals surface area contributed by atoms with Crippen molar-refractivity contribution in [3.8, 4) is 5.75 Å². The second-order valence-electron chi connectivity index (χ2n) is 7.48. The predicted molar refractivity (Wildman–Crippen MR) is 127 cm³/mol. The Hall–Kier alpha value is -2.67. The molecule has 0 bridgehead atoms. The number of piperazine rings is 1. The molecular formula is C21H28N4O6S2. The molecule has 0 unspecified atom stereocenters. The Kier molecular flexibility index (Phi) is 7.95. The van der Waals surface area contributed by atoms with Crippen LogP contribution in [0.4, 0.5) is 11.4 Å². The number of ether oxygens (including phenoxy) is 1. The molecule has 1 aliphatic rings. The zero-order valence-electron chi connectivity index (χ0n) is 18.5. The van der Waals surface area contributed by atoms with Gasteiger partial charge in [-0.25, -0.2) is 21.6 Å². The van der Waals surface area contributed by atoms with E-state index in [-0.39, 0.29) is 23.1 Å². The molecule has 1 fully saturated rings. The molecule has 2 N–H and O–H groups in total. The maximum atomic E-state index is 12.7. The summed E-state index contributed by atoms with van der Waals surface area (Å²) >= 11 is 0. The molecule has 33 heavy (non-hydrogen) atoms. The number of methoxy groups -OCH3 is 1. The lowest BCUT2D eigenvalue weighted by atomic mass is 10.2. The summed E-state index contributed by atoms with van der Waals surface area (Å²) < 4.78 is 59.5. The number of rotatable bonds is 9. The van der Waals surface area contributed by atoms with E-state index in [0.29, 0.717) is 31.9 Å². The molecule has 10 nitrogen and oxygen atoms in total. The third-order valence-corrected chi connectivity index (χ3v) is 8.54. The highest BCUT2D eigenvalue weighted by molar-refractivity contribution is 7.90. The van der Waals surface area contributed by atoms with Gasteiger partial charge < -0.3 is 15.0 Å². The fraction of sp³-hybridized carbons (Fsp3) is 0.381. The average molecular weight is 497 g/mol. The molecule has 0 atom stereocenters. The third kappa shape index (κ3) is 6.44. The topological polar surface area (TPSA) is 125 Å². The van der Waals surface area contributed by atoms with Crippen molar-refractivity contribution >= 4 is 37.3 Å². The molecule has 3 rings (SSSR count). The van der Waals surface area contributed by atoms with Crippen LogP contribution in [0.3, 0.4) is 0 Å². The van der Waals surface area contributed by atoms with Crippen LogP contribution in [-0.4, -0.2) is 72.6 Å². The summed E-state index contributed by atoms with van der Waals surface area (Å²) in [6.07, 6.45) is 0. The van der Waals surface area contributed by atoms with E-state index in [0.717, 1.165) is 11.4 Å². The van der Waals surface area contributed by atoms with Crippen LogP contribution in [0.1, 0.15) is 6.92 Å². The van der Waals surface area contributed by atoms with Gasteiger partial charge in [0.1, 0.15) is 5.75 Å². The summed E-state index contributed by atoms with van der Waals surface area (Å²) in [4.78, 5) is 13.1. The van der Waals surface area contributed by atoms with E-state index in [2.05, 4.69) is 14.9 Å². The maximum absolute atomic E-state index is 12.7. The Balaban J connectivity index is 1.53. The molecular weight excluding hydrogens is 468 g/mol. The number of amides is 1. The van der Waals surface area contributed by atoms with Crippen molar-refractivity contribution in [3.05, 3.63) is 48.5 Å². The zero-order valence-corrected chi connectivity index (χ0v) is 20.2. The largest absolute Gasteiger partial charge is 0.495 e. The molecule has 12 heteroatoms. The number of hydrogen-bond donors (Lipinski definition) is 2. The average Bonchev–Trinajstić information content (AvgIpc) is 2.79. The van der Waals surface area contributed by atoms with Gasteiger partial charge in [-0.2, -0.15) is 4.31 Å². The van der Waals surface area contributed by atoms with Crippen molar-refractivity contribution in [3.63, 3.8) is 0 Å². The summed E-state index contributed by atoms with van der Waals surface area (Å²) in [5.41, 5.74) is 1.38. The van der Waals surface area contributed by atoms with Crippen LogP contribution in [-0.2, 0) is 24.8 Å². The number of nitrogens with zero attached hydrogens (tertiary/aromatic N) is 2. The quantitative estimate of drug-likeness (QED) is 0.532. The lowest BCUT2D eigenvalue weighted by Crippen LogP contribution is -2.50. The van der Waals surface area contributed by atoms with Gasteiger partial charge in [0.15, 0.2) is 0 Å². The number of anilines is 2. The highest BCUT2D eigenvalue weighted by Crippen LogP contribution is 2.28. The Morgan fingerprint density at radius 3 is 2.21 bits per heavy atom. The lowest BCUT2D eigenvalue weighted by Gasteiger charge is -2.35. The Morgan fingerprint density at radius 1 is 0.970 bits per heavy atom. The van der Waals surface area contributed by atoms with Crippen LogP contribution in [0.2, 0.25) is 0 Å². The van der Waals surface area contributed by atoms with Crippen molar-refractivity contribution in [2.24, 2.45) is 0 Å². The minimum Gasteiger partial charge on any atom is -0.495 e. The van der Waals surface area contributed by atoms with Crippen molar-refractivity contribution < 1.29 is 26.4 Å². The lowest BCUT2D eigenvalue weighted by molar-refractivity contribution is -0.114. The van der Waals surface area contributed by atoms with Crippen molar-refractivity contribution in [1.29, 1.82) is 0 Å². The predicted octanol–water partition coefficient (Wildman–Crippen LogP) is 1.08. The number of carbonyl (C=O) groups excluding carboxylic acids is 1. The molecule has 1 aliphatic heterocycles. The number of sulfonamides is 2. The number of hydrogen-bond acceptors (Lipinski definition) is 7. The highest BCUT2D eigenvalue weighted by Gasteiger charge is 2.28. The van der Waals surface area contributed by atoms with Gasteiger partial charge in [0.05, 0.1) is 23.4 Å². The summed E-state index contributed by atoms with van der Waals surface area (Å²) in [5, 5.41) is 2.55. The van der Waals surface area contributed by atoms with Crippen LogP contribution in [0.25, 0.3) is 0 Å². The van der Waals surface area contributed by atoms with E-state index in [1.165, 1.54) is 35.5 Å². The number of carbonyl (C=O) groups is 1. The third-order valence-electron chi connectivity index (χ3n) is 5.19.